The van der Waals surface area contributed by atoms with E-state index in [1.165, 1.54) is 0 Å². The molecule has 0 aliphatic heterocycles. The molecule has 0 N–H and O–H groups in total. The number of hydrogen-bond acceptors (Lipinski definition) is 0. The Bertz CT molecular complexity index is 353. The Morgan fingerprint density at radius 1 is 0.500 bits per heavy atom. The van der Waals surface area contributed by atoms with E-state index in [1.807, 2.05) is 0 Å². The third-order valence-corrected chi connectivity index (χ3v) is 4.14. The van der Waals surface area contributed by atoms with Gasteiger partial charge in [-0.2, -0.15) is 39.5 Å². The van der Waals surface area contributed by atoms with Gasteiger partial charge in [0.1, 0.15) is 0 Å². The third kappa shape index (κ3) is 6.29. The minimum atomic E-state index is -6.78. The summed E-state index contributed by atoms with van der Waals surface area (Å²) >= 11 is 3.26. The van der Waals surface area contributed by atoms with Crippen molar-refractivity contribution in [1.82, 2.24) is 0 Å². The van der Waals surface area contributed by atoms with E-state index in [0.29, 0.717) is 12.8 Å². The highest BCUT2D eigenvalue weighted by atomic mass is 79.9. The molecule has 0 radical (unpaired) electrons. The zero-order chi connectivity index (χ0) is 19.1. The van der Waals surface area contributed by atoms with Crippen molar-refractivity contribution in [3.63, 3.8) is 0 Å². The Balaban J connectivity index is 4.30. The number of alkyl halides is 10. The van der Waals surface area contributed by atoms with Crippen molar-refractivity contribution in [2.24, 2.45) is 0 Å². The maximum atomic E-state index is 13.2. The fourth-order valence-corrected chi connectivity index (χ4v) is 2.46. The first-order valence-electron chi connectivity index (χ1n) is 7.57. The average Bonchev–Trinajstić information content (AvgIpc) is 2.43. The Hall–Kier alpha value is -0.150. The Labute approximate surface area is 143 Å². The largest absolute Gasteiger partial charge is 0.460 e. The molecule has 0 atom stereocenters. The molecule has 0 aliphatic rings. The van der Waals surface area contributed by atoms with Gasteiger partial charge in [0.15, 0.2) is 0 Å². The maximum Gasteiger partial charge on any atom is 0.460 e. The highest BCUT2D eigenvalue weighted by Crippen LogP contribution is 2.54. The summed E-state index contributed by atoms with van der Waals surface area (Å²) in [7, 11) is 0. The van der Waals surface area contributed by atoms with Crippen LogP contribution in [0.3, 0.4) is 0 Å². The van der Waals surface area contributed by atoms with E-state index in [4.69, 9.17) is 0 Å². The molecule has 0 nitrogen and oxygen atoms in total. The quantitative estimate of drug-likeness (QED) is 0.169. The predicted octanol–water partition coefficient (Wildman–Crippen LogP) is 7.36. The van der Waals surface area contributed by atoms with Gasteiger partial charge in [-0.25, -0.2) is 0 Å². The normalized spacial score (nSPS) is 14.2. The van der Waals surface area contributed by atoms with Crippen molar-refractivity contribution < 1.29 is 39.5 Å². The van der Waals surface area contributed by atoms with Gasteiger partial charge >= 0.3 is 23.9 Å². The smallest absolute Gasteiger partial charge is 0.200 e. The van der Waals surface area contributed by atoms with Crippen LogP contribution in [0.4, 0.5) is 39.5 Å². The van der Waals surface area contributed by atoms with Crippen LogP contribution in [0.2, 0.25) is 0 Å². The standard InChI is InChI=1S/C14H20BrF9/c15-10-8-6-4-2-1-3-5-7-9-11(16,17)12(18,19)13(20,21)14(22,23)24/h1-10H2. The van der Waals surface area contributed by atoms with Gasteiger partial charge in [0.25, 0.3) is 0 Å². The molecule has 0 aromatic carbocycles. The van der Waals surface area contributed by atoms with Gasteiger partial charge in [0.05, 0.1) is 0 Å². The number of rotatable bonds is 12. The monoisotopic (exact) mass is 438 g/mol. The van der Waals surface area contributed by atoms with E-state index in [0.717, 1.165) is 31.0 Å². The summed E-state index contributed by atoms with van der Waals surface area (Å²) in [5, 5.41) is 0.874. The topological polar surface area (TPSA) is 0 Å². The highest BCUT2D eigenvalue weighted by Gasteiger charge is 2.81. The van der Waals surface area contributed by atoms with Crippen LogP contribution in [0.15, 0.2) is 0 Å². The number of halogens is 10. The van der Waals surface area contributed by atoms with Crippen molar-refractivity contribution in [2.75, 3.05) is 5.33 Å². The van der Waals surface area contributed by atoms with Crippen LogP contribution >= 0.6 is 15.9 Å². The third-order valence-electron chi connectivity index (χ3n) is 3.58. The predicted molar refractivity (Wildman–Crippen MR) is 76.2 cm³/mol. The van der Waals surface area contributed by atoms with Crippen molar-refractivity contribution in [3.05, 3.63) is 0 Å². The highest BCUT2D eigenvalue weighted by molar-refractivity contribution is 9.09. The summed E-state index contributed by atoms with van der Waals surface area (Å²) < 4.78 is 113. The lowest BCUT2D eigenvalue weighted by atomic mass is 9.97. The lowest BCUT2D eigenvalue weighted by Crippen LogP contribution is -2.60. The van der Waals surface area contributed by atoms with Crippen LogP contribution in [-0.4, -0.2) is 29.3 Å². The van der Waals surface area contributed by atoms with E-state index in [2.05, 4.69) is 15.9 Å². The van der Waals surface area contributed by atoms with E-state index < -0.39 is 36.8 Å². The number of hydrogen-bond donors (Lipinski definition) is 0. The molecule has 0 unspecified atom stereocenters. The van der Waals surface area contributed by atoms with Crippen LogP contribution < -0.4 is 0 Å². The molecule has 146 valence electrons. The molecule has 0 fully saturated rings. The maximum absolute atomic E-state index is 13.2. The molecule has 0 bridgehead atoms. The molecule has 0 amide bonds. The number of unbranched alkanes of at least 4 members (excludes halogenated alkanes) is 7. The van der Waals surface area contributed by atoms with E-state index in [1.54, 1.807) is 0 Å². The lowest BCUT2D eigenvalue weighted by molar-refractivity contribution is -0.396. The second kappa shape index (κ2) is 9.52. The van der Waals surface area contributed by atoms with Gasteiger partial charge in [-0.05, 0) is 12.8 Å². The molecular weight excluding hydrogens is 419 g/mol. The zero-order valence-corrected chi connectivity index (χ0v) is 14.4. The second-order valence-corrected chi connectivity index (χ2v) is 6.41. The molecule has 0 rings (SSSR count). The molecule has 0 saturated heterocycles. The first-order valence-corrected chi connectivity index (χ1v) is 8.69. The van der Waals surface area contributed by atoms with E-state index in [-0.39, 0.29) is 6.42 Å². The molecule has 0 aliphatic carbocycles. The Morgan fingerprint density at radius 3 is 1.25 bits per heavy atom. The molecule has 0 aromatic rings. The minimum Gasteiger partial charge on any atom is -0.200 e. The van der Waals surface area contributed by atoms with Crippen LogP contribution in [0.5, 0.6) is 0 Å². The SMILES string of the molecule is FC(F)(F)C(F)(F)C(F)(F)C(F)(F)CCCCCCCCCCBr. The average molecular weight is 439 g/mol. The van der Waals surface area contributed by atoms with Gasteiger partial charge in [0.2, 0.25) is 0 Å². The van der Waals surface area contributed by atoms with Gasteiger partial charge in [0, 0.05) is 11.8 Å². The van der Waals surface area contributed by atoms with Gasteiger partial charge in [-0.3, -0.25) is 0 Å². The fourth-order valence-electron chi connectivity index (χ4n) is 2.07. The van der Waals surface area contributed by atoms with Crippen LogP contribution in [0.25, 0.3) is 0 Å². The summed E-state index contributed by atoms with van der Waals surface area (Å²) in [6.45, 7) is 0. The van der Waals surface area contributed by atoms with Gasteiger partial charge < -0.3 is 0 Å². The fraction of sp³-hybridized carbons (Fsp3) is 1.00. The van der Waals surface area contributed by atoms with Gasteiger partial charge in [-0.1, -0.05) is 54.5 Å². The first kappa shape index (κ1) is 23.9. The van der Waals surface area contributed by atoms with Crippen molar-refractivity contribution >= 4 is 15.9 Å². The van der Waals surface area contributed by atoms with Crippen LogP contribution in [0.1, 0.15) is 57.8 Å². The van der Waals surface area contributed by atoms with Crippen LogP contribution in [0, 0.1) is 0 Å². The minimum absolute atomic E-state index is 0.0711. The van der Waals surface area contributed by atoms with E-state index in [9.17, 15) is 39.5 Å². The van der Waals surface area contributed by atoms with E-state index >= 15 is 0 Å². The van der Waals surface area contributed by atoms with Crippen molar-refractivity contribution in [2.45, 2.75) is 81.7 Å². The summed E-state index contributed by atoms with van der Waals surface area (Å²) in [4.78, 5) is 0. The molecule has 24 heavy (non-hydrogen) atoms. The molecule has 0 saturated carbocycles. The summed E-state index contributed by atoms with van der Waals surface area (Å²) in [6.07, 6.45) is -4.08. The lowest BCUT2D eigenvalue weighted by Gasteiger charge is -2.33. The molecule has 0 heterocycles. The van der Waals surface area contributed by atoms with Crippen LogP contribution in [-0.2, 0) is 0 Å². The van der Waals surface area contributed by atoms with Crippen molar-refractivity contribution in [3.8, 4) is 0 Å². The summed E-state index contributed by atoms with van der Waals surface area (Å²) in [5.41, 5.74) is 0. The zero-order valence-electron chi connectivity index (χ0n) is 12.9. The first-order chi connectivity index (χ1) is 10.8. The second-order valence-electron chi connectivity index (χ2n) is 5.62. The molecule has 0 spiro atoms. The molecule has 10 heteroatoms. The van der Waals surface area contributed by atoms with Gasteiger partial charge in [-0.15, -0.1) is 0 Å². The van der Waals surface area contributed by atoms with Crippen molar-refractivity contribution in [1.29, 1.82) is 0 Å². The summed E-state index contributed by atoms with van der Waals surface area (Å²) in [6, 6.07) is 0. The summed E-state index contributed by atoms with van der Waals surface area (Å²) in [5.74, 6) is -18.7. The molecule has 0 aromatic heterocycles. The Morgan fingerprint density at radius 2 is 0.875 bits per heavy atom. The molecular formula is C14H20BrF9. The Kier molecular flexibility index (Phi) is 9.46.